The number of primary amides is 1. The SMILES string of the molecule is CC1CN(Cc2cc(C(N)=O)ccc2F)C(C)CN1. The average molecular weight is 265 g/mol. The second-order valence-corrected chi connectivity index (χ2v) is 5.26. The third-order valence-corrected chi connectivity index (χ3v) is 3.60. The summed E-state index contributed by atoms with van der Waals surface area (Å²) in [5, 5.41) is 3.38. The number of amides is 1. The maximum Gasteiger partial charge on any atom is 0.248 e. The van der Waals surface area contributed by atoms with Crippen molar-refractivity contribution < 1.29 is 9.18 Å². The lowest BCUT2D eigenvalue weighted by molar-refractivity contribution is 0.0999. The van der Waals surface area contributed by atoms with Crippen molar-refractivity contribution in [1.29, 1.82) is 0 Å². The van der Waals surface area contributed by atoms with Crippen molar-refractivity contribution in [1.82, 2.24) is 10.2 Å². The van der Waals surface area contributed by atoms with E-state index in [1.165, 1.54) is 12.1 Å². The van der Waals surface area contributed by atoms with Crippen molar-refractivity contribution in [2.24, 2.45) is 5.73 Å². The highest BCUT2D eigenvalue weighted by atomic mass is 19.1. The molecule has 3 N–H and O–H groups in total. The van der Waals surface area contributed by atoms with E-state index in [9.17, 15) is 9.18 Å². The Morgan fingerprint density at radius 1 is 1.53 bits per heavy atom. The summed E-state index contributed by atoms with van der Waals surface area (Å²) in [6.07, 6.45) is 0. The molecule has 2 atom stereocenters. The van der Waals surface area contributed by atoms with Gasteiger partial charge in [0.1, 0.15) is 5.82 Å². The molecule has 0 radical (unpaired) electrons. The van der Waals surface area contributed by atoms with Crippen LogP contribution in [-0.2, 0) is 6.54 Å². The van der Waals surface area contributed by atoms with E-state index >= 15 is 0 Å². The summed E-state index contributed by atoms with van der Waals surface area (Å²) in [4.78, 5) is 13.4. The molecule has 2 rings (SSSR count). The fraction of sp³-hybridized carbons (Fsp3) is 0.500. The summed E-state index contributed by atoms with van der Waals surface area (Å²) in [5.41, 5.74) is 6.11. The Bertz CT molecular complexity index is 478. The molecule has 1 aliphatic rings. The molecule has 0 bridgehead atoms. The van der Waals surface area contributed by atoms with Gasteiger partial charge in [-0.1, -0.05) is 0 Å². The first-order valence-corrected chi connectivity index (χ1v) is 6.53. The minimum atomic E-state index is -0.525. The van der Waals surface area contributed by atoms with Crippen molar-refractivity contribution in [2.75, 3.05) is 13.1 Å². The lowest BCUT2D eigenvalue weighted by Crippen LogP contribution is -2.53. The van der Waals surface area contributed by atoms with E-state index in [1.807, 2.05) is 0 Å². The highest BCUT2D eigenvalue weighted by molar-refractivity contribution is 5.92. The van der Waals surface area contributed by atoms with E-state index in [0.29, 0.717) is 29.8 Å². The Kier molecular flexibility index (Phi) is 4.17. The number of carbonyl (C=O) groups excluding carboxylic acids is 1. The van der Waals surface area contributed by atoms with E-state index in [-0.39, 0.29) is 5.82 Å². The predicted octanol–water partition coefficient (Wildman–Crippen LogP) is 1.11. The number of rotatable bonds is 3. The maximum atomic E-state index is 13.8. The van der Waals surface area contributed by atoms with Crippen LogP contribution in [0.2, 0.25) is 0 Å². The number of benzene rings is 1. The molecule has 0 saturated carbocycles. The van der Waals surface area contributed by atoms with Gasteiger partial charge in [0.2, 0.25) is 5.91 Å². The normalized spacial score (nSPS) is 24.4. The molecule has 4 nitrogen and oxygen atoms in total. The number of nitrogens with one attached hydrogen (secondary N) is 1. The van der Waals surface area contributed by atoms with Gasteiger partial charge < -0.3 is 11.1 Å². The van der Waals surface area contributed by atoms with Gasteiger partial charge in [-0.25, -0.2) is 4.39 Å². The molecular weight excluding hydrogens is 245 g/mol. The average Bonchev–Trinajstić information content (AvgIpc) is 2.36. The van der Waals surface area contributed by atoms with Crippen LogP contribution in [0.15, 0.2) is 18.2 Å². The minimum Gasteiger partial charge on any atom is -0.366 e. The maximum absolute atomic E-state index is 13.8. The number of nitrogens with zero attached hydrogens (tertiary/aromatic N) is 1. The highest BCUT2D eigenvalue weighted by Gasteiger charge is 2.23. The van der Waals surface area contributed by atoms with Crippen molar-refractivity contribution in [2.45, 2.75) is 32.5 Å². The third kappa shape index (κ3) is 3.30. The Balaban J connectivity index is 2.17. The molecule has 1 heterocycles. The lowest BCUT2D eigenvalue weighted by Gasteiger charge is -2.37. The van der Waals surface area contributed by atoms with E-state index in [2.05, 4.69) is 24.1 Å². The molecule has 5 heteroatoms. The summed E-state index contributed by atoms with van der Waals surface area (Å²) >= 11 is 0. The molecule has 1 aliphatic heterocycles. The van der Waals surface area contributed by atoms with E-state index in [4.69, 9.17) is 5.73 Å². The second-order valence-electron chi connectivity index (χ2n) is 5.26. The number of hydrogen-bond donors (Lipinski definition) is 2. The standard InChI is InChI=1S/C14H20FN3O/c1-9-7-18(10(2)6-17-9)8-12-5-11(14(16)19)3-4-13(12)15/h3-5,9-10,17H,6-8H2,1-2H3,(H2,16,19). The van der Waals surface area contributed by atoms with Crippen LogP contribution in [-0.4, -0.2) is 36.0 Å². The Morgan fingerprint density at radius 2 is 2.26 bits per heavy atom. The van der Waals surface area contributed by atoms with Gasteiger partial charge in [0.25, 0.3) is 0 Å². The first kappa shape index (κ1) is 14.0. The molecule has 104 valence electrons. The van der Waals surface area contributed by atoms with Gasteiger partial charge in [-0.15, -0.1) is 0 Å². The monoisotopic (exact) mass is 265 g/mol. The van der Waals surface area contributed by atoms with Gasteiger partial charge in [0.05, 0.1) is 0 Å². The van der Waals surface area contributed by atoms with Crippen LogP contribution < -0.4 is 11.1 Å². The van der Waals surface area contributed by atoms with Gasteiger partial charge in [0.15, 0.2) is 0 Å². The Hall–Kier alpha value is -1.46. The minimum absolute atomic E-state index is 0.289. The largest absolute Gasteiger partial charge is 0.366 e. The number of piperazine rings is 1. The van der Waals surface area contributed by atoms with Gasteiger partial charge in [-0.05, 0) is 32.0 Å². The molecule has 1 aromatic carbocycles. The van der Waals surface area contributed by atoms with Crippen molar-refractivity contribution in [3.8, 4) is 0 Å². The molecule has 1 fully saturated rings. The zero-order valence-electron chi connectivity index (χ0n) is 11.3. The lowest BCUT2D eigenvalue weighted by atomic mass is 10.1. The van der Waals surface area contributed by atoms with Crippen molar-refractivity contribution in [3.63, 3.8) is 0 Å². The fourth-order valence-corrected chi connectivity index (χ4v) is 2.39. The van der Waals surface area contributed by atoms with Gasteiger partial charge in [0, 0.05) is 42.8 Å². The number of hydrogen-bond acceptors (Lipinski definition) is 3. The number of halogens is 1. The summed E-state index contributed by atoms with van der Waals surface area (Å²) in [6.45, 7) is 6.46. The van der Waals surface area contributed by atoms with Gasteiger partial charge in [-0.3, -0.25) is 9.69 Å². The number of carbonyl (C=O) groups is 1. The van der Waals surface area contributed by atoms with E-state index in [0.717, 1.165) is 13.1 Å². The van der Waals surface area contributed by atoms with Crippen LogP contribution >= 0.6 is 0 Å². The van der Waals surface area contributed by atoms with Crippen molar-refractivity contribution in [3.05, 3.63) is 35.1 Å². The highest BCUT2D eigenvalue weighted by Crippen LogP contribution is 2.16. The fourth-order valence-electron chi connectivity index (χ4n) is 2.39. The van der Waals surface area contributed by atoms with Crippen LogP contribution in [0, 0.1) is 5.82 Å². The molecule has 0 aliphatic carbocycles. The van der Waals surface area contributed by atoms with Crippen LogP contribution in [0.5, 0.6) is 0 Å². The predicted molar refractivity (Wildman–Crippen MR) is 72.3 cm³/mol. The number of nitrogens with two attached hydrogens (primary N) is 1. The Morgan fingerprint density at radius 3 is 2.95 bits per heavy atom. The molecule has 0 spiro atoms. The topological polar surface area (TPSA) is 58.4 Å². The Labute approximate surface area is 112 Å². The smallest absolute Gasteiger partial charge is 0.248 e. The van der Waals surface area contributed by atoms with Crippen LogP contribution in [0.3, 0.4) is 0 Å². The molecule has 1 saturated heterocycles. The van der Waals surface area contributed by atoms with Crippen LogP contribution in [0.4, 0.5) is 4.39 Å². The van der Waals surface area contributed by atoms with Crippen LogP contribution in [0.1, 0.15) is 29.8 Å². The second kappa shape index (κ2) is 5.67. The van der Waals surface area contributed by atoms with Crippen LogP contribution in [0.25, 0.3) is 0 Å². The summed E-state index contributed by atoms with van der Waals surface area (Å²) in [6, 6.07) is 5.01. The first-order chi connectivity index (χ1) is 8.97. The quantitative estimate of drug-likeness (QED) is 0.860. The molecule has 0 aromatic heterocycles. The molecule has 19 heavy (non-hydrogen) atoms. The third-order valence-electron chi connectivity index (χ3n) is 3.60. The molecule has 1 amide bonds. The van der Waals surface area contributed by atoms with Gasteiger partial charge in [-0.2, -0.15) is 0 Å². The summed E-state index contributed by atoms with van der Waals surface area (Å²) in [5.74, 6) is -0.814. The molecule has 2 unspecified atom stereocenters. The van der Waals surface area contributed by atoms with Crippen molar-refractivity contribution >= 4 is 5.91 Å². The zero-order chi connectivity index (χ0) is 14.0. The first-order valence-electron chi connectivity index (χ1n) is 6.53. The van der Waals surface area contributed by atoms with Gasteiger partial charge >= 0.3 is 0 Å². The van der Waals surface area contributed by atoms with E-state index in [1.54, 1.807) is 6.07 Å². The zero-order valence-corrected chi connectivity index (χ0v) is 11.3. The molecule has 1 aromatic rings. The molecular formula is C14H20FN3O. The van der Waals surface area contributed by atoms with E-state index < -0.39 is 5.91 Å². The summed E-state index contributed by atoms with van der Waals surface area (Å²) < 4.78 is 13.8. The summed E-state index contributed by atoms with van der Waals surface area (Å²) in [7, 11) is 0.